The van der Waals surface area contributed by atoms with Crippen LogP contribution < -0.4 is 4.74 Å². The molecular weight excluding hydrogens is 262 g/mol. The molecule has 0 fully saturated rings. The van der Waals surface area contributed by atoms with Crippen LogP contribution in [0, 0.1) is 0 Å². The zero-order chi connectivity index (χ0) is 15.2. The van der Waals surface area contributed by atoms with E-state index in [9.17, 15) is 0 Å². The summed E-state index contributed by atoms with van der Waals surface area (Å²) in [7, 11) is 1.67. The molecule has 0 atom stereocenters. The van der Waals surface area contributed by atoms with Crippen LogP contribution in [0.1, 0.15) is 19.4 Å². The molecule has 0 aliphatic carbocycles. The fourth-order valence-corrected chi connectivity index (χ4v) is 2.33. The lowest BCUT2D eigenvalue weighted by Gasteiger charge is -2.31. The molecule has 21 heavy (non-hydrogen) atoms. The summed E-state index contributed by atoms with van der Waals surface area (Å²) in [4.78, 5) is 2.23. The molecule has 1 aromatic rings. The lowest BCUT2D eigenvalue weighted by Crippen LogP contribution is -2.23. The Morgan fingerprint density at radius 2 is 1.81 bits per heavy atom. The Labute approximate surface area is 127 Å². The van der Waals surface area contributed by atoms with E-state index in [1.807, 2.05) is 12.1 Å². The lowest BCUT2D eigenvalue weighted by molar-refractivity contribution is 0.146. The van der Waals surface area contributed by atoms with E-state index in [0.717, 1.165) is 18.0 Å². The summed E-state index contributed by atoms with van der Waals surface area (Å²) in [5.74, 6) is 0.862. The monoisotopic (exact) mass is 285 g/mol. The fraction of sp³-hybridized carbons (Fsp3) is 0.333. The molecule has 0 unspecified atom stereocenters. The summed E-state index contributed by atoms with van der Waals surface area (Å²) in [6, 6.07) is 8.15. The van der Waals surface area contributed by atoms with E-state index in [0.29, 0.717) is 13.2 Å². The average Bonchev–Trinajstić information content (AvgIpc) is 2.51. The first-order valence-electron chi connectivity index (χ1n) is 7.25. The molecule has 1 aromatic carbocycles. The number of hydrogen-bond acceptors (Lipinski definition) is 3. The Bertz CT molecular complexity index is 555. The zero-order valence-electron chi connectivity index (χ0n) is 13.1. The summed E-state index contributed by atoms with van der Waals surface area (Å²) >= 11 is 0. The number of benzene rings is 1. The number of likely N-dealkylation sites (N-methyl/N-ethyl adjacent to an activating group) is 1. The van der Waals surface area contributed by atoms with Gasteiger partial charge in [-0.25, -0.2) is 0 Å². The third kappa shape index (κ3) is 3.56. The van der Waals surface area contributed by atoms with Crippen LogP contribution in [0.5, 0.6) is 5.75 Å². The molecule has 0 bridgehead atoms. The van der Waals surface area contributed by atoms with Gasteiger partial charge in [-0.3, -0.25) is 0 Å². The van der Waals surface area contributed by atoms with E-state index in [4.69, 9.17) is 9.47 Å². The third-order valence-corrected chi connectivity index (χ3v) is 3.59. The van der Waals surface area contributed by atoms with Gasteiger partial charge in [-0.15, -0.1) is 0 Å². The number of ether oxygens (including phenoxy) is 2. The van der Waals surface area contributed by atoms with Gasteiger partial charge in [-0.05, 0) is 55.3 Å². The standard InChI is InChI=1S/C18H23NO2/c1-5-19-15(3)14(2)6-11-18(19)16-7-9-17(10-8-16)21-13-12-20-4/h6-11H,3,5,12-13H2,1-2,4H3. The number of nitrogens with zero attached hydrogens (tertiary/aromatic N) is 1. The Balaban J connectivity index is 2.16. The first kappa shape index (κ1) is 15.4. The Morgan fingerprint density at radius 3 is 2.43 bits per heavy atom. The van der Waals surface area contributed by atoms with Gasteiger partial charge < -0.3 is 14.4 Å². The Morgan fingerprint density at radius 1 is 1.10 bits per heavy atom. The summed E-state index contributed by atoms with van der Waals surface area (Å²) < 4.78 is 10.6. The van der Waals surface area contributed by atoms with Gasteiger partial charge in [0, 0.05) is 25.0 Å². The molecular formula is C18H23NO2. The van der Waals surface area contributed by atoms with Crippen LogP contribution in [0.15, 0.2) is 54.3 Å². The summed E-state index contributed by atoms with van der Waals surface area (Å²) in [6.07, 6.45) is 4.27. The van der Waals surface area contributed by atoms with Crippen molar-refractivity contribution in [2.75, 3.05) is 26.9 Å². The van der Waals surface area contributed by atoms with Crippen LogP contribution in [0.2, 0.25) is 0 Å². The van der Waals surface area contributed by atoms with Crippen molar-refractivity contribution in [2.45, 2.75) is 13.8 Å². The van der Waals surface area contributed by atoms with Crippen molar-refractivity contribution >= 4 is 5.70 Å². The van der Waals surface area contributed by atoms with Gasteiger partial charge in [0.25, 0.3) is 0 Å². The molecule has 112 valence electrons. The number of methoxy groups -OCH3 is 1. The fourth-order valence-electron chi connectivity index (χ4n) is 2.33. The molecule has 1 aliphatic rings. The van der Waals surface area contributed by atoms with Crippen molar-refractivity contribution in [3.63, 3.8) is 0 Å². The van der Waals surface area contributed by atoms with Gasteiger partial charge in [-0.2, -0.15) is 0 Å². The molecule has 0 N–H and O–H groups in total. The minimum Gasteiger partial charge on any atom is -0.491 e. The molecule has 3 nitrogen and oxygen atoms in total. The molecule has 0 aromatic heterocycles. The van der Waals surface area contributed by atoms with E-state index >= 15 is 0 Å². The highest BCUT2D eigenvalue weighted by atomic mass is 16.5. The zero-order valence-corrected chi connectivity index (χ0v) is 13.1. The highest BCUT2D eigenvalue weighted by molar-refractivity contribution is 5.70. The predicted molar refractivity (Wildman–Crippen MR) is 87.1 cm³/mol. The lowest BCUT2D eigenvalue weighted by atomic mass is 10.0. The second kappa shape index (κ2) is 7.14. The molecule has 0 saturated heterocycles. The molecule has 2 rings (SSSR count). The minimum atomic E-state index is 0.568. The smallest absolute Gasteiger partial charge is 0.119 e. The Hall–Kier alpha value is -2.00. The minimum absolute atomic E-state index is 0.568. The highest BCUT2D eigenvalue weighted by Gasteiger charge is 2.17. The normalized spacial score (nSPS) is 14.8. The van der Waals surface area contributed by atoms with Crippen molar-refractivity contribution in [1.29, 1.82) is 0 Å². The van der Waals surface area contributed by atoms with E-state index in [1.165, 1.54) is 16.8 Å². The summed E-state index contributed by atoms with van der Waals surface area (Å²) in [6.45, 7) is 10.5. The van der Waals surface area contributed by atoms with Crippen LogP contribution in [-0.4, -0.2) is 31.8 Å². The van der Waals surface area contributed by atoms with Gasteiger partial charge in [0.15, 0.2) is 0 Å². The Kier molecular flexibility index (Phi) is 5.23. The molecule has 0 radical (unpaired) electrons. The maximum Gasteiger partial charge on any atom is 0.119 e. The molecule has 0 amide bonds. The quantitative estimate of drug-likeness (QED) is 0.741. The van der Waals surface area contributed by atoms with Gasteiger partial charge in [0.05, 0.1) is 6.61 Å². The van der Waals surface area contributed by atoms with E-state index in [-0.39, 0.29) is 0 Å². The average molecular weight is 285 g/mol. The van der Waals surface area contributed by atoms with Gasteiger partial charge in [0.2, 0.25) is 0 Å². The molecule has 0 saturated carbocycles. The number of rotatable bonds is 6. The van der Waals surface area contributed by atoms with Crippen LogP contribution >= 0.6 is 0 Å². The van der Waals surface area contributed by atoms with Crippen LogP contribution in [-0.2, 0) is 4.74 Å². The van der Waals surface area contributed by atoms with Crippen molar-refractivity contribution in [2.24, 2.45) is 0 Å². The maximum atomic E-state index is 5.59. The van der Waals surface area contributed by atoms with E-state index < -0.39 is 0 Å². The first-order valence-corrected chi connectivity index (χ1v) is 7.25. The van der Waals surface area contributed by atoms with E-state index in [1.54, 1.807) is 7.11 Å². The van der Waals surface area contributed by atoms with Crippen molar-refractivity contribution in [1.82, 2.24) is 4.90 Å². The summed E-state index contributed by atoms with van der Waals surface area (Å²) in [5, 5.41) is 0. The van der Waals surface area contributed by atoms with Gasteiger partial charge in [0.1, 0.15) is 12.4 Å². The molecule has 0 spiro atoms. The van der Waals surface area contributed by atoms with Gasteiger partial charge >= 0.3 is 0 Å². The molecule has 1 heterocycles. The second-order valence-electron chi connectivity index (χ2n) is 4.96. The van der Waals surface area contributed by atoms with Crippen molar-refractivity contribution in [3.8, 4) is 5.75 Å². The summed E-state index contributed by atoms with van der Waals surface area (Å²) in [5.41, 5.74) is 4.62. The van der Waals surface area contributed by atoms with Crippen LogP contribution in [0.25, 0.3) is 5.70 Å². The molecule has 3 heteroatoms. The van der Waals surface area contributed by atoms with Gasteiger partial charge in [-0.1, -0.05) is 12.7 Å². The maximum absolute atomic E-state index is 5.59. The van der Waals surface area contributed by atoms with Crippen molar-refractivity contribution < 1.29 is 9.47 Å². The predicted octanol–water partition coefficient (Wildman–Crippen LogP) is 3.85. The highest BCUT2D eigenvalue weighted by Crippen LogP contribution is 2.30. The van der Waals surface area contributed by atoms with Crippen LogP contribution in [0.4, 0.5) is 0 Å². The second-order valence-corrected chi connectivity index (χ2v) is 4.96. The SMILES string of the molecule is C=C1C(C)=CC=C(c2ccc(OCCOC)cc2)N1CC. The van der Waals surface area contributed by atoms with Crippen molar-refractivity contribution in [3.05, 3.63) is 59.8 Å². The van der Waals surface area contributed by atoms with E-state index in [2.05, 4.69) is 49.6 Å². The molecule has 1 aliphatic heterocycles. The largest absolute Gasteiger partial charge is 0.491 e. The first-order chi connectivity index (χ1) is 10.2. The number of hydrogen-bond donors (Lipinski definition) is 0. The van der Waals surface area contributed by atoms with Crippen LogP contribution in [0.3, 0.4) is 0 Å². The number of allylic oxidation sites excluding steroid dienone is 3. The third-order valence-electron chi connectivity index (χ3n) is 3.59. The topological polar surface area (TPSA) is 21.7 Å².